The van der Waals surface area contributed by atoms with Crippen LogP contribution in [0.2, 0.25) is 0 Å². The lowest BCUT2D eigenvalue weighted by molar-refractivity contribution is 1.20. The monoisotopic (exact) mass is 512 g/mol. The van der Waals surface area contributed by atoms with Crippen molar-refractivity contribution in [2.24, 2.45) is 0 Å². The van der Waals surface area contributed by atoms with Crippen molar-refractivity contribution in [3.63, 3.8) is 0 Å². The second-order valence-corrected chi connectivity index (χ2v) is 10.4. The molecule has 7 rings (SSSR count). The molecule has 0 radical (unpaired) electrons. The molecule has 0 bridgehead atoms. The van der Waals surface area contributed by atoms with E-state index in [4.69, 9.17) is 0 Å². The number of pyridine rings is 2. The molecule has 0 spiro atoms. The van der Waals surface area contributed by atoms with Gasteiger partial charge >= 0.3 is 0 Å². The molecule has 2 nitrogen and oxygen atoms in total. The molecule has 2 heteroatoms. The summed E-state index contributed by atoms with van der Waals surface area (Å²) in [6, 6.07) is 41.8. The molecule has 0 atom stereocenters. The first kappa shape index (κ1) is 24.0. The first-order valence-electron chi connectivity index (χ1n) is 13.7. The molecule has 0 saturated carbocycles. The van der Waals surface area contributed by atoms with Gasteiger partial charge in [-0.25, -0.2) is 0 Å². The Morgan fingerprint density at radius 1 is 0.425 bits per heavy atom. The normalized spacial score (nSPS) is 11.2. The Bertz CT molecular complexity index is 1950. The van der Waals surface area contributed by atoms with Gasteiger partial charge in [-0.1, -0.05) is 91.0 Å². The standard InChI is InChI=1S/C38H28N2/c1-25-23-31(15-16-32(25)28-17-20-39-21-18-28)38-35-9-5-3-7-33(35)37(34-8-4-6-10-36(34)38)29-13-11-27(12-14-29)30-19-22-40-26(2)24-30/h3-24H,1-2H3. The van der Waals surface area contributed by atoms with Crippen LogP contribution in [0.15, 0.2) is 134 Å². The van der Waals surface area contributed by atoms with E-state index < -0.39 is 0 Å². The van der Waals surface area contributed by atoms with Crippen LogP contribution in [0.3, 0.4) is 0 Å². The lowest BCUT2D eigenvalue weighted by Gasteiger charge is -2.19. The first-order chi connectivity index (χ1) is 19.7. The van der Waals surface area contributed by atoms with Crippen LogP contribution in [-0.2, 0) is 0 Å². The highest BCUT2D eigenvalue weighted by Gasteiger charge is 2.17. The summed E-state index contributed by atoms with van der Waals surface area (Å²) < 4.78 is 0. The van der Waals surface area contributed by atoms with Crippen molar-refractivity contribution in [2.75, 3.05) is 0 Å². The van der Waals surface area contributed by atoms with Crippen molar-refractivity contribution < 1.29 is 0 Å². The summed E-state index contributed by atoms with van der Waals surface area (Å²) in [5, 5.41) is 5.06. The highest BCUT2D eigenvalue weighted by atomic mass is 14.6. The fourth-order valence-electron chi connectivity index (χ4n) is 5.98. The maximum absolute atomic E-state index is 4.36. The number of hydrogen-bond donors (Lipinski definition) is 0. The van der Waals surface area contributed by atoms with Gasteiger partial charge in [0.15, 0.2) is 0 Å². The van der Waals surface area contributed by atoms with Gasteiger partial charge in [-0.3, -0.25) is 9.97 Å². The minimum Gasteiger partial charge on any atom is -0.265 e. The fraction of sp³-hybridized carbons (Fsp3) is 0.0526. The Morgan fingerprint density at radius 3 is 1.52 bits per heavy atom. The topological polar surface area (TPSA) is 25.8 Å². The van der Waals surface area contributed by atoms with E-state index in [2.05, 4.69) is 132 Å². The summed E-state index contributed by atoms with van der Waals surface area (Å²) in [6.45, 7) is 4.23. The van der Waals surface area contributed by atoms with Crippen LogP contribution in [0, 0.1) is 13.8 Å². The number of fused-ring (bicyclic) bond motifs is 2. The van der Waals surface area contributed by atoms with Crippen molar-refractivity contribution in [1.82, 2.24) is 9.97 Å². The summed E-state index contributed by atoms with van der Waals surface area (Å²) in [5.74, 6) is 0. The predicted octanol–water partition coefficient (Wildman–Crippen LogP) is 10.1. The molecule has 0 aliphatic rings. The number of aryl methyl sites for hydroxylation is 2. The number of benzene rings is 5. The number of aromatic nitrogens is 2. The number of hydrogen-bond acceptors (Lipinski definition) is 2. The third-order valence-corrected chi connectivity index (χ3v) is 7.84. The minimum atomic E-state index is 1.03. The zero-order chi connectivity index (χ0) is 27.1. The maximum Gasteiger partial charge on any atom is 0.0378 e. The van der Waals surface area contributed by atoms with Crippen molar-refractivity contribution in [2.45, 2.75) is 13.8 Å². The molecular formula is C38H28N2. The fourth-order valence-corrected chi connectivity index (χ4v) is 5.98. The molecule has 190 valence electrons. The molecule has 0 N–H and O–H groups in total. The second-order valence-electron chi connectivity index (χ2n) is 10.4. The van der Waals surface area contributed by atoms with E-state index >= 15 is 0 Å². The van der Waals surface area contributed by atoms with Gasteiger partial charge in [-0.05, 0) is 110 Å². The van der Waals surface area contributed by atoms with Crippen LogP contribution in [-0.4, -0.2) is 9.97 Å². The molecule has 2 heterocycles. The van der Waals surface area contributed by atoms with Crippen molar-refractivity contribution in [1.29, 1.82) is 0 Å². The average Bonchev–Trinajstić information content (AvgIpc) is 3.00. The molecule has 2 aromatic heterocycles. The minimum absolute atomic E-state index is 1.03. The molecule has 0 fully saturated rings. The zero-order valence-corrected chi connectivity index (χ0v) is 22.6. The Morgan fingerprint density at radius 2 is 0.950 bits per heavy atom. The summed E-state index contributed by atoms with van der Waals surface area (Å²) in [6.07, 6.45) is 5.59. The molecule has 0 saturated heterocycles. The molecule has 0 unspecified atom stereocenters. The lowest BCUT2D eigenvalue weighted by Crippen LogP contribution is -1.92. The van der Waals surface area contributed by atoms with Crippen LogP contribution in [0.25, 0.3) is 66.1 Å². The average molecular weight is 513 g/mol. The number of rotatable bonds is 4. The van der Waals surface area contributed by atoms with Gasteiger partial charge in [0.25, 0.3) is 0 Å². The van der Waals surface area contributed by atoms with E-state index in [1.807, 2.05) is 25.5 Å². The molecule has 7 aromatic rings. The van der Waals surface area contributed by atoms with Gasteiger partial charge in [0, 0.05) is 24.3 Å². The third-order valence-electron chi connectivity index (χ3n) is 7.84. The summed E-state index contributed by atoms with van der Waals surface area (Å²) in [5.41, 5.74) is 12.1. The van der Waals surface area contributed by atoms with Crippen LogP contribution >= 0.6 is 0 Å². The lowest BCUT2D eigenvalue weighted by atomic mass is 9.85. The van der Waals surface area contributed by atoms with Crippen LogP contribution < -0.4 is 0 Å². The molecule has 0 aliphatic carbocycles. The molecule has 0 aliphatic heterocycles. The highest BCUT2D eigenvalue weighted by molar-refractivity contribution is 6.21. The quantitative estimate of drug-likeness (QED) is 0.219. The summed E-state index contributed by atoms with van der Waals surface area (Å²) in [4.78, 5) is 8.54. The number of nitrogens with zero attached hydrogens (tertiary/aromatic N) is 2. The Labute approximate surface area is 234 Å². The van der Waals surface area contributed by atoms with E-state index in [1.165, 1.54) is 71.6 Å². The van der Waals surface area contributed by atoms with Crippen molar-refractivity contribution in [3.05, 3.63) is 145 Å². The van der Waals surface area contributed by atoms with Crippen LogP contribution in [0.5, 0.6) is 0 Å². The SMILES string of the molecule is Cc1cc(-c2ccc(-c3c4ccccc4c(-c4ccc(-c5ccncc5)c(C)c4)c4ccccc34)cc2)ccn1. The van der Waals surface area contributed by atoms with Crippen LogP contribution in [0.4, 0.5) is 0 Å². The van der Waals surface area contributed by atoms with Crippen LogP contribution in [0.1, 0.15) is 11.3 Å². The van der Waals surface area contributed by atoms with E-state index in [0.717, 1.165) is 5.69 Å². The van der Waals surface area contributed by atoms with Crippen molar-refractivity contribution in [3.8, 4) is 44.5 Å². The second kappa shape index (κ2) is 9.91. The molecule has 5 aromatic carbocycles. The maximum atomic E-state index is 4.36. The van der Waals surface area contributed by atoms with E-state index in [1.54, 1.807) is 0 Å². The third kappa shape index (κ3) is 4.15. The van der Waals surface area contributed by atoms with E-state index in [0.29, 0.717) is 0 Å². The Balaban J connectivity index is 1.43. The Kier molecular flexibility index (Phi) is 5.94. The molecule has 40 heavy (non-hydrogen) atoms. The van der Waals surface area contributed by atoms with Gasteiger partial charge in [0.2, 0.25) is 0 Å². The van der Waals surface area contributed by atoms with Gasteiger partial charge in [-0.15, -0.1) is 0 Å². The van der Waals surface area contributed by atoms with Gasteiger partial charge in [0.1, 0.15) is 0 Å². The van der Waals surface area contributed by atoms with E-state index in [9.17, 15) is 0 Å². The molecular weight excluding hydrogens is 484 g/mol. The van der Waals surface area contributed by atoms with Gasteiger partial charge < -0.3 is 0 Å². The molecule has 0 amide bonds. The smallest absolute Gasteiger partial charge is 0.0378 e. The largest absolute Gasteiger partial charge is 0.265 e. The Hall–Kier alpha value is -5.08. The zero-order valence-electron chi connectivity index (χ0n) is 22.6. The van der Waals surface area contributed by atoms with Gasteiger partial charge in [0.05, 0.1) is 0 Å². The van der Waals surface area contributed by atoms with Crippen molar-refractivity contribution >= 4 is 21.5 Å². The highest BCUT2D eigenvalue weighted by Crippen LogP contribution is 2.44. The van der Waals surface area contributed by atoms with E-state index in [-0.39, 0.29) is 0 Å². The summed E-state index contributed by atoms with van der Waals surface area (Å²) in [7, 11) is 0. The first-order valence-corrected chi connectivity index (χ1v) is 13.7. The summed E-state index contributed by atoms with van der Waals surface area (Å²) >= 11 is 0. The predicted molar refractivity (Wildman–Crippen MR) is 168 cm³/mol. The van der Waals surface area contributed by atoms with Gasteiger partial charge in [-0.2, -0.15) is 0 Å².